The molecule has 0 aliphatic rings. The number of allylic oxidation sites excluding steroid dienone is 1. The summed E-state index contributed by atoms with van der Waals surface area (Å²) in [6.07, 6.45) is 3.62. The molecule has 1 N–H and O–H groups in total. The molecule has 0 rings (SSSR count). The van der Waals surface area contributed by atoms with E-state index in [0.29, 0.717) is 11.8 Å². The Bertz CT molecular complexity index is 175. The van der Waals surface area contributed by atoms with Crippen LogP contribution in [-0.4, -0.2) is 26.8 Å². The first-order valence-corrected chi connectivity index (χ1v) is 6.02. The quantitative estimate of drug-likeness (QED) is 0.494. The summed E-state index contributed by atoms with van der Waals surface area (Å²) >= 11 is 0. The van der Waals surface area contributed by atoms with E-state index >= 15 is 0 Å². The summed E-state index contributed by atoms with van der Waals surface area (Å²) in [7, 11) is 1.74. The molecule has 1 atom stereocenters. The van der Waals surface area contributed by atoms with Crippen LogP contribution in [0.3, 0.4) is 0 Å². The van der Waals surface area contributed by atoms with Crippen LogP contribution in [0.4, 0.5) is 0 Å². The fraction of sp³-hybridized carbons (Fsp3) is 0.846. The van der Waals surface area contributed by atoms with E-state index in [4.69, 9.17) is 4.74 Å². The minimum absolute atomic E-state index is 0.633. The molecule has 0 bridgehead atoms. The number of hydrogen-bond donors (Lipinski definition) is 1. The summed E-state index contributed by atoms with van der Waals surface area (Å²) in [4.78, 5) is 0. The first-order chi connectivity index (χ1) is 7.11. The lowest BCUT2D eigenvalue weighted by Crippen LogP contribution is -2.23. The standard InChI is InChI=1S/C13H27NO/c1-6-12(4)9-13(11(2)3)10-14-7-8-15-5/h9,11-12,14H,6-8,10H2,1-5H3/b13-9-. The molecule has 15 heavy (non-hydrogen) atoms. The van der Waals surface area contributed by atoms with Crippen molar-refractivity contribution in [3.63, 3.8) is 0 Å². The van der Waals surface area contributed by atoms with Gasteiger partial charge < -0.3 is 10.1 Å². The fourth-order valence-corrected chi connectivity index (χ4v) is 1.35. The van der Waals surface area contributed by atoms with E-state index in [1.165, 1.54) is 12.0 Å². The molecule has 2 heteroatoms. The van der Waals surface area contributed by atoms with Gasteiger partial charge in [0.15, 0.2) is 0 Å². The van der Waals surface area contributed by atoms with Gasteiger partial charge in [0, 0.05) is 20.2 Å². The van der Waals surface area contributed by atoms with Crippen LogP contribution in [0.5, 0.6) is 0 Å². The Morgan fingerprint density at radius 2 is 2.00 bits per heavy atom. The van der Waals surface area contributed by atoms with Crippen LogP contribution in [0.25, 0.3) is 0 Å². The van der Waals surface area contributed by atoms with Crippen molar-refractivity contribution in [1.29, 1.82) is 0 Å². The van der Waals surface area contributed by atoms with E-state index in [2.05, 4.69) is 39.1 Å². The van der Waals surface area contributed by atoms with Crippen LogP contribution >= 0.6 is 0 Å². The van der Waals surface area contributed by atoms with Crippen molar-refractivity contribution in [2.75, 3.05) is 26.8 Å². The van der Waals surface area contributed by atoms with E-state index in [1.807, 2.05) is 0 Å². The summed E-state index contributed by atoms with van der Waals surface area (Å²) in [5.41, 5.74) is 1.51. The van der Waals surface area contributed by atoms with Gasteiger partial charge in [0.25, 0.3) is 0 Å². The molecule has 90 valence electrons. The molecule has 0 saturated heterocycles. The summed E-state index contributed by atoms with van der Waals surface area (Å²) in [6.45, 7) is 11.7. The highest BCUT2D eigenvalue weighted by atomic mass is 16.5. The largest absolute Gasteiger partial charge is 0.383 e. The normalized spacial score (nSPS) is 14.7. The number of ether oxygens (including phenoxy) is 1. The van der Waals surface area contributed by atoms with E-state index < -0.39 is 0 Å². The van der Waals surface area contributed by atoms with E-state index in [9.17, 15) is 0 Å². The smallest absolute Gasteiger partial charge is 0.0587 e. The maximum atomic E-state index is 5.00. The van der Waals surface area contributed by atoms with Crippen molar-refractivity contribution in [2.45, 2.75) is 34.1 Å². The van der Waals surface area contributed by atoms with Crippen molar-refractivity contribution in [3.8, 4) is 0 Å². The molecule has 0 spiro atoms. The van der Waals surface area contributed by atoms with Crippen LogP contribution < -0.4 is 5.32 Å². The van der Waals surface area contributed by atoms with Crippen molar-refractivity contribution in [1.82, 2.24) is 5.32 Å². The lowest BCUT2D eigenvalue weighted by atomic mass is 9.97. The Kier molecular flexibility index (Phi) is 8.73. The average Bonchev–Trinajstić information content (AvgIpc) is 2.21. The van der Waals surface area contributed by atoms with Crippen molar-refractivity contribution in [3.05, 3.63) is 11.6 Å². The van der Waals surface area contributed by atoms with E-state index in [1.54, 1.807) is 7.11 Å². The first-order valence-electron chi connectivity index (χ1n) is 6.02. The third-order valence-electron chi connectivity index (χ3n) is 2.70. The van der Waals surface area contributed by atoms with Gasteiger partial charge in [0.2, 0.25) is 0 Å². The van der Waals surface area contributed by atoms with Gasteiger partial charge >= 0.3 is 0 Å². The number of hydrogen-bond acceptors (Lipinski definition) is 2. The van der Waals surface area contributed by atoms with Gasteiger partial charge in [0.1, 0.15) is 0 Å². The highest BCUT2D eigenvalue weighted by Gasteiger charge is 2.04. The second kappa shape index (κ2) is 8.93. The summed E-state index contributed by atoms with van der Waals surface area (Å²) < 4.78 is 5.00. The Balaban J connectivity index is 3.99. The highest BCUT2D eigenvalue weighted by molar-refractivity contribution is 5.08. The van der Waals surface area contributed by atoms with Gasteiger partial charge in [-0.2, -0.15) is 0 Å². The third-order valence-corrected chi connectivity index (χ3v) is 2.70. The van der Waals surface area contributed by atoms with Crippen LogP contribution in [-0.2, 0) is 4.74 Å². The molecule has 0 heterocycles. The molecule has 0 aliphatic carbocycles. The minimum atomic E-state index is 0.633. The van der Waals surface area contributed by atoms with E-state index in [0.717, 1.165) is 19.7 Å². The first kappa shape index (κ1) is 14.7. The average molecular weight is 213 g/mol. The molecule has 0 saturated carbocycles. The van der Waals surface area contributed by atoms with Gasteiger partial charge in [-0.1, -0.05) is 45.8 Å². The maximum Gasteiger partial charge on any atom is 0.0587 e. The molecule has 2 nitrogen and oxygen atoms in total. The maximum absolute atomic E-state index is 5.00. The molecule has 0 amide bonds. The molecule has 0 aliphatic heterocycles. The van der Waals surface area contributed by atoms with E-state index in [-0.39, 0.29) is 0 Å². The van der Waals surface area contributed by atoms with Crippen LogP contribution in [0.1, 0.15) is 34.1 Å². The predicted molar refractivity (Wildman–Crippen MR) is 67.1 cm³/mol. The van der Waals surface area contributed by atoms with Crippen molar-refractivity contribution in [2.24, 2.45) is 11.8 Å². The predicted octanol–water partition coefficient (Wildman–Crippen LogP) is 2.85. The number of nitrogens with one attached hydrogen (secondary N) is 1. The van der Waals surface area contributed by atoms with Crippen molar-refractivity contribution < 1.29 is 4.74 Å². The lowest BCUT2D eigenvalue weighted by Gasteiger charge is -2.15. The Morgan fingerprint density at radius 1 is 1.33 bits per heavy atom. The SMILES string of the molecule is CCC(C)/C=C(/CNCCOC)C(C)C. The lowest BCUT2D eigenvalue weighted by molar-refractivity contribution is 0.200. The van der Waals surface area contributed by atoms with Gasteiger partial charge in [0.05, 0.1) is 6.61 Å². The Hall–Kier alpha value is -0.340. The molecule has 0 aromatic heterocycles. The Morgan fingerprint density at radius 3 is 2.47 bits per heavy atom. The topological polar surface area (TPSA) is 21.3 Å². The molecule has 1 unspecified atom stereocenters. The second-order valence-corrected chi connectivity index (χ2v) is 4.45. The summed E-state index contributed by atoms with van der Waals surface area (Å²) in [6, 6.07) is 0. The van der Waals surface area contributed by atoms with Crippen LogP contribution in [0, 0.1) is 11.8 Å². The molecule has 0 radical (unpaired) electrons. The monoisotopic (exact) mass is 213 g/mol. The van der Waals surface area contributed by atoms with Crippen LogP contribution in [0.15, 0.2) is 11.6 Å². The molecular weight excluding hydrogens is 186 g/mol. The van der Waals surface area contributed by atoms with Crippen LogP contribution in [0.2, 0.25) is 0 Å². The zero-order valence-corrected chi connectivity index (χ0v) is 11.0. The summed E-state index contributed by atoms with van der Waals surface area (Å²) in [5.74, 6) is 1.32. The molecule has 0 fully saturated rings. The zero-order valence-electron chi connectivity index (χ0n) is 11.0. The zero-order chi connectivity index (χ0) is 11.7. The van der Waals surface area contributed by atoms with Gasteiger partial charge in [-0.3, -0.25) is 0 Å². The van der Waals surface area contributed by atoms with Gasteiger partial charge in [-0.25, -0.2) is 0 Å². The third kappa shape index (κ3) is 7.57. The Labute approximate surface area is 95.1 Å². The number of methoxy groups -OCH3 is 1. The molecule has 0 aromatic rings. The molecule has 0 aromatic carbocycles. The summed E-state index contributed by atoms with van der Waals surface area (Å²) in [5, 5.41) is 3.40. The fourth-order valence-electron chi connectivity index (χ4n) is 1.35. The minimum Gasteiger partial charge on any atom is -0.383 e. The van der Waals surface area contributed by atoms with Gasteiger partial charge in [-0.15, -0.1) is 0 Å². The molecular formula is C13H27NO. The second-order valence-electron chi connectivity index (χ2n) is 4.45. The van der Waals surface area contributed by atoms with Crippen molar-refractivity contribution >= 4 is 0 Å². The van der Waals surface area contributed by atoms with Gasteiger partial charge in [-0.05, 0) is 11.8 Å². The number of rotatable bonds is 8. The highest BCUT2D eigenvalue weighted by Crippen LogP contribution is 2.13.